The predicted molar refractivity (Wildman–Crippen MR) is 79.8 cm³/mol. The fourth-order valence-electron chi connectivity index (χ4n) is 1.24. The van der Waals surface area contributed by atoms with E-state index in [0.29, 0.717) is 5.88 Å². The van der Waals surface area contributed by atoms with Crippen molar-refractivity contribution in [3.63, 3.8) is 0 Å². The van der Waals surface area contributed by atoms with E-state index >= 15 is 0 Å². The maximum Gasteiger partial charge on any atom is 0.0474 e. The molecule has 17 heavy (non-hydrogen) atoms. The van der Waals surface area contributed by atoms with Crippen molar-refractivity contribution in [2.75, 3.05) is 0 Å². The number of alkyl halides is 2. The number of rotatable bonds is 2. The fraction of sp³-hybridized carbons (Fsp3) is 0.200. The summed E-state index contributed by atoms with van der Waals surface area (Å²) in [6.07, 6.45) is 0. The second-order valence-corrected chi connectivity index (χ2v) is 4.57. The summed E-state index contributed by atoms with van der Waals surface area (Å²) in [5.41, 5.74) is 3.79. The third kappa shape index (κ3) is 5.90. The first-order chi connectivity index (χ1) is 8.26. The molecule has 0 unspecified atom stereocenters. The van der Waals surface area contributed by atoms with Gasteiger partial charge in [0.05, 0.1) is 0 Å². The molecule has 0 radical (unpaired) electrons. The lowest BCUT2D eigenvalue weighted by Crippen LogP contribution is -1.75. The van der Waals surface area contributed by atoms with E-state index in [-0.39, 0.29) is 0 Å². The molecule has 0 atom stereocenters. The van der Waals surface area contributed by atoms with Crippen LogP contribution in [-0.4, -0.2) is 0 Å². The van der Waals surface area contributed by atoms with E-state index in [0.717, 1.165) is 5.33 Å². The van der Waals surface area contributed by atoms with Gasteiger partial charge >= 0.3 is 0 Å². The fourth-order valence-corrected chi connectivity index (χ4v) is 1.80. The molecule has 0 fully saturated rings. The molecule has 2 aromatic carbocycles. The van der Waals surface area contributed by atoms with Gasteiger partial charge in [0.2, 0.25) is 0 Å². The van der Waals surface area contributed by atoms with E-state index < -0.39 is 0 Å². The lowest BCUT2D eigenvalue weighted by molar-refractivity contribution is 1.36. The van der Waals surface area contributed by atoms with Crippen LogP contribution in [-0.2, 0) is 11.2 Å². The Kier molecular flexibility index (Phi) is 6.99. The van der Waals surface area contributed by atoms with Crippen molar-refractivity contribution in [2.24, 2.45) is 0 Å². The third-order valence-corrected chi connectivity index (χ3v) is 3.23. The highest BCUT2D eigenvalue weighted by atomic mass is 79.9. The molecular weight excluding hydrogens is 296 g/mol. The lowest BCUT2D eigenvalue weighted by Gasteiger charge is -1.93. The normalized spacial score (nSPS) is 9.35. The Labute approximate surface area is 117 Å². The van der Waals surface area contributed by atoms with E-state index in [2.05, 4.69) is 47.1 Å². The van der Waals surface area contributed by atoms with E-state index in [9.17, 15) is 0 Å². The first-order valence-corrected chi connectivity index (χ1v) is 7.13. The van der Waals surface area contributed by atoms with Gasteiger partial charge in [-0.3, -0.25) is 0 Å². The average molecular weight is 312 g/mol. The van der Waals surface area contributed by atoms with Crippen molar-refractivity contribution in [2.45, 2.75) is 18.1 Å². The van der Waals surface area contributed by atoms with Gasteiger partial charge in [-0.1, -0.05) is 76.1 Å². The Morgan fingerprint density at radius 2 is 1.47 bits per heavy atom. The minimum atomic E-state index is 0.611. The predicted octanol–water partition coefficient (Wildman–Crippen LogP) is 5.32. The van der Waals surface area contributed by atoms with Gasteiger partial charge in [-0.2, -0.15) is 0 Å². The molecular formula is C15H16BrCl. The summed E-state index contributed by atoms with van der Waals surface area (Å²) in [6.45, 7) is 2.07. The molecule has 0 nitrogen and oxygen atoms in total. The molecule has 0 aliphatic rings. The van der Waals surface area contributed by atoms with Crippen molar-refractivity contribution in [1.82, 2.24) is 0 Å². The molecule has 0 aromatic heterocycles. The molecule has 2 aromatic rings. The Morgan fingerprint density at radius 1 is 0.882 bits per heavy atom. The molecule has 0 spiro atoms. The van der Waals surface area contributed by atoms with Crippen LogP contribution in [0.2, 0.25) is 0 Å². The van der Waals surface area contributed by atoms with Crippen molar-refractivity contribution < 1.29 is 0 Å². The zero-order valence-corrected chi connectivity index (χ0v) is 12.2. The highest BCUT2D eigenvalue weighted by molar-refractivity contribution is 9.08. The maximum atomic E-state index is 5.58. The van der Waals surface area contributed by atoms with Crippen LogP contribution in [0, 0.1) is 6.92 Å². The molecule has 0 saturated heterocycles. The van der Waals surface area contributed by atoms with Crippen LogP contribution in [0.1, 0.15) is 16.7 Å². The molecule has 0 aliphatic carbocycles. The Hall–Kier alpha value is -0.790. The molecule has 2 heteroatoms. The first kappa shape index (κ1) is 14.3. The zero-order chi connectivity index (χ0) is 12.5. The smallest absolute Gasteiger partial charge is 0.0474 e. The van der Waals surface area contributed by atoms with Crippen LogP contribution < -0.4 is 0 Å². The lowest BCUT2D eigenvalue weighted by atomic mass is 10.2. The topological polar surface area (TPSA) is 0 Å². The van der Waals surface area contributed by atoms with Gasteiger partial charge in [0.15, 0.2) is 0 Å². The van der Waals surface area contributed by atoms with Gasteiger partial charge in [-0.15, -0.1) is 11.6 Å². The molecule has 0 aliphatic heterocycles. The minimum Gasteiger partial charge on any atom is -0.122 e. The summed E-state index contributed by atoms with van der Waals surface area (Å²) >= 11 is 8.94. The second-order valence-electron chi connectivity index (χ2n) is 3.74. The molecule has 2 rings (SSSR count). The Morgan fingerprint density at radius 3 is 1.88 bits per heavy atom. The van der Waals surface area contributed by atoms with Crippen LogP contribution in [0.5, 0.6) is 0 Å². The van der Waals surface area contributed by atoms with Gasteiger partial charge in [0.1, 0.15) is 0 Å². The molecule has 0 heterocycles. The molecule has 0 bridgehead atoms. The zero-order valence-electron chi connectivity index (χ0n) is 9.87. The van der Waals surface area contributed by atoms with Gasteiger partial charge in [0.25, 0.3) is 0 Å². The first-order valence-electron chi connectivity index (χ1n) is 5.47. The van der Waals surface area contributed by atoms with Gasteiger partial charge in [0, 0.05) is 11.2 Å². The molecule has 90 valence electrons. The molecule has 0 N–H and O–H groups in total. The van der Waals surface area contributed by atoms with Crippen molar-refractivity contribution in [1.29, 1.82) is 0 Å². The largest absolute Gasteiger partial charge is 0.122 e. The number of benzene rings is 2. The summed E-state index contributed by atoms with van der Waals surface area (Å²) in [5, 5.41) is 0.952. The van der Waals surface area contributed by atoms with Crippen molar-refractivity contribution in [3.05, 3.63) is 71.3 Å². The summed E-state index contributed by atoms with van der Waals surface area (Å²) in [6, 6.07) is 18.5. The van der Waals surface area contributed by atoms with E-state index in [1.165, 1.54) is 16.7 Å². The summed E-state index contributed by atoms with van der Waals surface area (Å²) in [5.74, 6) is 0.611. The summed E-state index contributed by atoms with van der Waals surface area (Å²) < 4.78 is 0. The Balaban J connectivity index is 0.000000171. The van der Waals surface area contributed by atoms with Gasteiger partial charge in [-0.05, 0) is 18.1 Å². The molecule has 0 amide bonds. The van der Waals surface area contributed by atoms with E-state index in [1.54, 1.807) is 0 Å². The van der Waals surface area contributed by atoms with Gasteiger partial charge in [-0.25, -0.2) is 0 Å². The van der Waals surface area contributed by atoms with Crippen LogP contribution >= 0.6 is 27.5 Å². The van der Waals surface area contributed by atoms with Gasteiger partial charge < -0.3 is 0 Å². The highest BCUT2D eigenvalue weighted by Crippen LogP contribution is 2.04. The standard InChI is InChI=1S/C8H9Cl.C7H7Br/c1-7-2-4-8(6-9)5-3-7;8-6-7-4-2-1-3-5-7/h2-5H,6H2,1H3;1-5H,6H2. The average Bonchev–Trinajstić information content (AvgIpc) is 2.41. The number of aryl methyl sites for hydroxylation is 1. The van der Waals surface area contributed by atoms with Crippen molar-refractivity contribution in [3.8, 4) is 0 Å². The monoisotopic (exact) mass is 310 g/mol. The van der Waals surface area contributed by atoms with E-state index in [4.69, 9.17) is 11.6 Å². The highest BCUT2D eigenvalue weighted by Gasteiger charge is 1.86. The maximum absolute atomic E-state index is 5.58. The third-order valence-electron chi connectivity index (χ3n) is 2.27. The SMILES string of the molecule is BrCc1ccccc1.Cc1ccc(CCl)cc1. The van der Waals surface area contributed by atoms with Crippen molar-refractivity contribution >= 4 is 27.5 Å². The number of hydrogen-bond donors (Lipinski definition) is 0. The van der Waals surface area contributed by atoms with Crippen LogP contribution in [0.25, 0.3) is 0 Å². The quantitative estimate of drug-likeness (QED) is 0.659. The minimum absolute atomic E-state index is 0.611. The molecule has 0 saturated carbocycles. The second kappa shape index (κ2) is 8.32. The van der Waals surface area contributed by atoms with Crippen LogP contribution in [0.4, 0.5) is 0 Å². The van der Waals surface area contributed by atoms with Crippen LogP contribution in [0.15, 0.2) is 54.6 Å². The van der Waals surface area contributed by atoms with E-state index in [1.807, 2.05) is 30.3 Å². The number of halogens is 2. The Bertz CT molecular complexity index is 409. The van der Waals surface area contributed by atoms with Crippen LogP contribution in [0.3, 0.4) is 0 Å². The summed E-state index contributed by atoms with van der Waals surface area (Å²) in [4.78, 5) is 0. The summed E-state index contributed by atoms with van der Waals surface area (Å²) in [7, 11) is 0. The number of hydrogen-bond acceptors (Lipinski definition) is 0.